The van der Waals surface area contributed by atoms with E-state index in [4.69, 9.17) is 5.73 Å². The molecule has 0 saturated heterocycles. The second kappa shape index (κ2) is 8.75. The Kier molecular flexibility index (Phi) is 6.73. The zero-order valence-corrected chi connectivity index (χ0v) is 12.4. The molecule has 0 aliphatic carbocycles. The molecule has 11 heteroatoms. The molecule has 0 saturated carbocycles. The molecule has 1 aromatic rings. The van der Waals surface area contributed by atoms with Crippen LogP contribution in [0.3, 0.4) is 0 Å². The number of nitro groups is 2. The number of nitrogens with one attached hydrogen (secondary N) is 1. The van der Waals surface area contributed by atoms with Crippen LogP contribution in [0.5, 0.6) is 0 Å². The molecule has 1 aromatic carbocycles. The van der Waals surface area contributed by atoms with Crippen molar-refractivity contribution in [3.8, 4) is 0 Å². The second-order valence-corrected chi connectivity index (χ2v) is 4.11. The standard InChI is InChI=1S/C13H13N5O6/c1-24-16-6-2-3-9(13(14)19)8-15-11-5-4-10(17(20)21)7-12(11)18(22)23/h2-8,16H,1H3,(H2,14,19)/b6-2+,9-3-,15-8?. The van der Waals surface area contributed by atoms with Crippen molar-refractivity contribution in [3.63, 3.8) is 0 Å². The third-order valence-electron chi connectivity index (χ3n) is 2.55. The third kappa shape index (κ3) is 5.31. The summed E-state index contributed by atoms with van der Waals surface area (Å²) in [5.41, 5.74) is 6.34. The maximum atomic E-state index is 11.3. The topological polar surface area (TPSA) is 163 Å². The van der Waals surface area contributed by atoms with Crippen molar-refractivity contribution in [2.75, 3.05) is 7.11 Å². The van der Waals surface area contributed by atoms with E-state index >= 15 is 0 Å². The molecule has 0 aliphatic rings. The number of aliphatic imine (C=N–C) groups is 1. The first-order chi connectivity index (χ1) is 11.4. The third-order valence-corrected chi connectivity index (χ3v) is 2.55. The van der Waals surface area contributed by atoms with Crippen molar-refractivity contribution in [2.45, 2.75) is 0 Å². The number of non-ortho nitro benzene ring substituents is 1. The number of primary amides is 1. The highest BCUT2D eigenvalue weighted by Gasteiger charge is 2.18. The van der Waals surface area contributed by atoms with Crippen LogP contribution in [0.4, 0.5) is 17.1 Å². The second-order valence-electron chi connectivity index (χ2n) is 4.11. The van der Waals surface area contributed by atoms with Gasteiger partial charge in [-0.3, -0.25) is 35.3 Å². The fourth-order valence-electron chi connectivity index (χ4n) is 1.47. The molecule has 0 heterocycles. The number of nitro benzene ring substituents is 2. The van der Waals surface area contributed by atoms with Crippen molar-refractivity contribution >= 4 is 29.2 Å². The molecule has 0 unspecified atom stereocenters. The Balaban J connectivity index is 3.16. The summed E-state index contributed by atoms with van der Waals surface area (Å²) in [6.07, 6.45) is 5.09. The average Bonchev–Trinajstić information content (AvgIpc) is 2.53. The molecular weight excluding hydrogens is 322 g/mol. The first-order valence-corrected chi connectivity index (χ1v) is 6.29. The maximum Gasteiger partial charge on any atom is 0.301 e. The predicted molar refractivity (Wildman–Crippen MR) is 84.5 cm³/mol. The zero-order valence-electron chi connectivity index (χ0n) is 12.4. The number of nitrogens with zero attached hydrogens (tertiary/aromatic N) is 3. The molecule has 0 bridgehead atoms. The Morgan fingerprint density at radius 3 is 2.58 bits per heavy atom. The first-order valence-electron chi connectivity index (χ1n) is 6.29. The van der Waals surface area contributed by atoms with E-state index in [1.165, 1.54) is 25.5 Å². The molecule has 126 valence electrons. The van der Waals surface area contributed by atoms with E-state index in [1.54, 1.807) is 0 Å². The molecule has 24 heavy (non-hydrogen) atoms. The Hall–Kier alpha value is -3.60. The summed E-state index contributed by atoms with van der Waals surface area (Å²) in [5, 5.41) is 21.7. The lowest BCUT2D eigenvalue weighted by atomic mass is 10.2. The van der Waals surface area contributed by atoms with Gasteiger partial charge in [-0.1, -0.05) is 0 Å². The van der Waals surface area contributed by atoms with E-state index in [1.807, 2.05) is 0 Å². The predicted octanol–water partition coefficient (Wildman–Crippen LogP) is 1.28. The number of benzene rings is 1. The van der Waals surface area contributed by atoms with Crippen molar-refractivity contribution in [3.05, 3.63) is 62.4 Å². The molecule has 0 aromatic heterocycles. The summed E-state index contributed by atoms with van der Waals surface area (Å²) in [4.78, 5) is 39.7. The van der Waals surface area contributed by atoms with Crippen LogP contribution in [-0.2, 0) is 9.63 Å². The monoisotopic (exact) mass is 335 g/mol. The molecule has 11 nitrogen and oxygen atoms in total. The summed E-state index contributed by atoms with van der Waals surface area (Å²) in [5.74, 6) is -0.814. The van der Waals surface area contributed by atoms with Gasteiger partial charge in [0.05, 0.1) is 28.6 Å². The number of amides is 1. The van der Waals surface area contributed by atoms with Crippen LogP contribution < -0.4 is 11.2 Å². The summed E-state index contributed by atoms with van der Waals surface area (Å²) >= 11 is 0. The van der Waals surface area contributed by atoms with Crippen LogP contribution in [0.15, 0.2) is 47.1 Å². The molecule has 1 amide bonds. The van der Waals surface area contributed by atoms with E-state index in [2.05, 4.69) is 15.3 Å². The smallest absolute Gasteiger partial charge is 0.301 e. The van der Waals surface area contributed by atoms with Gasteiger partial charge < -0.3 is 5.73 Å². The summed E-state index contributed by atoms with van der Waals surface area (Å²) in [6, 6.07) is 2.95. The molecule has 0 fully saturated rings. The summed E-state index contributed by atoms with van der Waals surface area (Å²) in [7, 11) is 1.39. The van der Waals surface area contributed by atoms with E-state index in [-0.39, 0.29) is 11.3 Å². The number of hydrogen-bond acceptors (Lipinski definition) is 8. The minimum atomic E-state index is -0.814. The van der Waals surface area contributed by atoms with Gasteiger partial charge in [0, 0.05) is 18.5 Å². The van der Waals surface area contributed by atoms with Crippen molar-refractivity contribution < 1.29 is 19.5 Å². The Morgan fingerprint density at radius 1 is 1.33 bits per heavy atom. The number of nitrogens with two attached hydrogens (primary N) is 1. The van der Waals surface area contributed by atoms with Gasteiger partial charge in [-0.05, 0) is 18.2 Å². The van der Waals surface area contributed by atoms with Crippen LogP contribution in [0.1, 0.15) is 0 Å². The van der Waals surface area contributed by atoms with Crippen molar-refractivity contribution in [2.24, 2.45) is 10.7 Å². The van der Waals surface area contributed by atoms with E-state index < -0.39 is 27.1 Å². The number of allylic oxidation sites excluding steroid dienone is 2. The normalized spacial score (nSPS) is 11.8. The number of carbonyl (C=O) groups is 1. The zero-order chi connectivity index (χ0) is 18.1. The molecule has 0 aliphatic heterocycles. The molecule has 3 N–H and O–H groups in total. The summed E-state index contributed by atoms with van der Waals surface area (Å²) in [6.45, 7) is 0. The number of hydroxylamine groups is 1. The lowest BCUT2D eigenvalue weighted by molar-refractivity contribution is -0.393. The van der Waals surface area contributed by atoms with Gasteiger partial charge in [-0.2, -0.15) is 0 Å². The van der Waals surface area contributed by atoms with E-state index in [9.17, 15) is 25.0 Å². The highest BCUT2D eigenvalue weighted by molar-refractivity contribution is 6.12. The molecular formula is C13H13N5O6. The minimum Gasteiger partial charge on any atom is -0.366 e. The van der Waals surface area contributed by atoms with Crippen molar-refractivity contribution in [1.82, 2.24) is 5.48 Å². The van der Waals surface area contributed by atoms with E-state index in [0.717, 1.165) is 24.4 Å². The summed E-state index contributed by atoms with van der Waals surface area (Å²) < 4.78 is 0. The molecule has 0 radical (unpaired) electrons. The fourth-order valence-corrected chi connectivity index (χ4v) is 1.47. The minimum absolute atomic E-state index is 0.0446. The fraction of sp³-hybridized carbons (Fsp3) is 0.0769. The largest absolute Gasteiger partial charge is 0.366 e. The van der Waals surface area contributed by atoms with E-state index in [0.29, 0.717) is 0 Å². The van der Waals surface area contributed by atoms with Gasteiger partial charge in [0.25, 0.3) is 5.69 Å². The Morgan fingerprint density at radius 2 is 2.04 bits per heavy atom. The van der Waals surface area contributed by atoms with Gasteiger partial charge in [-0.25, -0.2) is 4.99 Å². The molecule has 0 spiro atoms. The van der Waals surface area contributed by atoms with Crippen LogP contribution in [-0.4, -0.2) is 29.1 Å². The van der Waals surface area contributed by atoms with Crippen LogP contribution >= 0.6 is 0 Å². The van der Waals surface area contributed by atoms with Gasteiger partial charge in [-0.15, -0.1) is 0 Å². The number of carbonyl (C=O) groups excluding carboxylic acids is 1. The van der Waals surface area contributed by atoms with Gasteiger partial charge in [0.15, 0.2) is 0 Å². The maximum absolute atomic E-state index is 11.3. The number of rotatable bonds is 8. The molecule has 1 rings (SSSR count). The van der Waals surface area contributed by atoms with Crippen molar-refractivity contribution in [1.29, 1.82) is 0 Å². The van der Waals surface area contributed by atoms with Crippen LogP contribution in [0.2, 0.25) is 0 Å². The first kappa shape index (κ1) is 18.4. The highest BCUT2D eigenvalue weighted by Crippen LogP contribution is 2.31. The van der Waals surface area contributed by atoms with Gasteiger partial charge in [0.2, 0.25) is 5.91 Å². The van der Waals surface area contributed by atoms with Gasteiger partial charge >= 0.3 is 5.69 Å². The highest BCUT2D eigenvalue weighted by atomic mass is 16.6. The van der Waals surface area contributed by atoms with Gasteiger partial charge in [0.1, 0.15) is 5.69 Å². The average molecular weight is 335 g/mol. The lowest BCUT2D eigenvalue weighted by Crippen LogP contribution is -2.14. The quantitative estimate of drug-likeness (QED) is 0.237. The SMILES string of the molecule is CON/C=C/C=C(/C=Nc1ccc([N+](=O)[O-])cc1[N+](=O)[O-])C(N)=O. The number of hydrogen-bond donors (Lipinski definition) is 2. The lowest BCUT2D eigenvalue weighted by Gasteiger charge is -1.98. The van der Waals surface area contributed by atoms with Crippen LogP contribution in [0, 0.1) is 20.2 Å². The Labute approximate surface area is 135 Å². The molecule has 0 atom stereocenters. The van der Waals surface area contributed by atoms with Crippen LogP contribution in [0.25, 0.3) is 0 Å². The Bertz CT molecular complexity index is 740.